The maximum absolute atomic E-state index is 11.0. The number of sulfonamides is 1. The molecule has 1 heterocycles. The average molecular weight is 255 g/mol. The molecule has 17 heavy (non-hydrogen) atoms. The van der Waals surface area contributed by atoms with Gasteiger partial charge in [0.05, 0.1) is 6.26 Å². The number of aromatic carboxylic acids is 1. The van der Waals surface area contributed by atoms with Crippen LogP contribution in [0.2, 0.25) is 0 Å². The number of nitrogens with one attached hydrogen (secondary N) is 1. The Labute approximate surface area is 96.9 Å². The molecule has 90 valence electrons. The number of anilines is 1. The molecular formula is C10H9NO5S. The van der Waals surface area contributed by atoms with E-state index in [1.54, 1.807) is 0 Å². The minimum Gasteiger partial charge on any atom is -0.475 e. The van der Waals surface area contributed by atoms with Gasteiger partial charge >= 0.3 is 5.97 Å². The van der Waals surface area contributed by atoms with Crippen molar-refractivity contribution in [2.75, 3.05) is 11.0 Å². The number of hydrogen-bond donors (Lipinski definition) is 2. The number of carbonyl (C=O) groups is 1. The standard InChI is InChI=1S/C10H9NO5S/c1-17(14,15)11-7-2-3-8-6(4-7)5-9(16-8)10(12)13/h2-5,11H,1H3,(H,12,13). The molecule has 0 unspecified atom stereocenters. The van der Waals surface area contributed by atoms with Crippen molar-refractivity contribution in [3.05, 3.63) is 30.0 Å². The molecule has 2 N–H and O–H groups in total. The molecule has 2 aromatic rings. The molecule has 7 heteroatoms. The minimum atomic E-state index is -3.35. The molecule has 0 aliphatic carbocycles. The number of furan rings is 1. The maximum Gasteiger partial charge on any atom is 0.371 e. The number of benzene rings is 1. The number of fused-ring (bicyclic) bond motifs is 1. The third-order valence-electron chi connectivity index (χ3n) is 2.03. The van der Waals surface area contributed by atoms with Crippen LogP contribution in [0.1, 0.15) is 10.6 Å². The molecule has 0 fully saturated rings. The van der Waals surface area contributed by atoms with Crippen LogP contribution in [0.25, 0.3) is 11.0 Å². The van der Waals surface area contributed by atoms with Gasteiger partial charge in [0, 0.05) is 11.1 Å². The zero-order valence-electron chi connectivity index (χ0n) is 8.80. The van der Waals surface area contributed by atoms with Gasteiger partial charge in [-0.25, -0.2) is 13.2 Å². The summed E-state index contributed by atoms with van der Waals surface area (Å²) in [5, 5.41) is 9.26. The second-order valence-corrected chi connectivity index (χ2v) is 5.29. The lowest BCUT2D eigenvalue weighted by atomic mass is 10.2. The molecule has 0 amide bonds. The van der Waals surface area contributed by atoms with Crippen LogP contribution in [-0.2, 0) is 10.0 Å². The molecule has 0 bridgehead atoms. The Morgan fingerprint density at radius 1 is 1.35 bits per heavy atom. The Balaban J connectivity index is 2.47. The topological polar surface area (TPSA) is 96.6 Å². The van der Waals surface area contributed by atoms with Crippen LogP contribution in [0.15, 0.2) is 28.7 Å². The summed E-state index contributed by atoms with van der Waals surface area (Å²) in [4.78, 5) is 10.7. The van der Waals surface area contributed by atoms with Gasteiger partial charge in [-0.2, -0.15) is 0 Å². The first-order valence-corrected chi connectivity index (χ1v) is 6.49. The second kappa shape index (κ2) is 3.77. The second-order valence-electron chi connectivity index (χ2n) is 3.54. The number of rotatable bonds is 3. The van der Waals surface area contributed by atoms with Crippen molar-refractivity contribution >= 4 is 32.6 Å². The largest absolute Gasteiger partial charge is 0.475 e. The smallest absolute Gasteiger partial charge is 0.371 e. The first-order chi connectivity index (χ1) is 7.85. The lowest BCUT2D eigenvalue weighted by molar-refractivity contribution is 0.0665. The summed E-state index contributed by atoms with van der Waals surface area (Å²) in [6, 6.07) is 5.85. The molecule has 0 spiro atoms. The van der Waals surface area contributed by atoms with Crippen LogP contribution in [0.3, 0.4) is 0 Å². The summed E-state index contributed by atoms with van der Waals surface area (Å²) in [5.41, 5.74) is 0.749. The molecule has 1 aromatic heterocycles. The van der Waals surface area contributed by atoms with E-state index >= 15 is 0 Å². The average Bonchev–Trinajstić information content (AvgIpc) is 2.57. The summed E-state index contributed by atoms with van der Waals surface area (Å²) < 4.78 is 29.4. The van der Waals surface area contributed by atoms with Gasteiger partial charge < -0.3 is 9.52 Å². The Kier molecular flexibility index (Phi) is 2.55. The Morgan fingerprint density at radius 2 is 2.06 bits per heavy atom. The molecule has 0 saturated carbocycles. The molecule has 2 rings (SSSR count). The maximum atomic E-state index is 11.0. The number of carboxylic acids is 1. The lowest BCUT2D eigenvalue weighted by Crippen LogP contribution is -2.09. The summed E-state index contributed by atoms with van der Waals surface area (Å²) in [6.45, 7) is 0. The highest BCUT2D eigenvalue weighted by atomic mass is 32.2. The molecule has 0 aliphatic heterocycles. The van der Waals surface area contributed by atoms with E-state index in [-0.39, 0.29) is 5.76 Å². The van der Waals surface area contributed by atoms with Crippen molar-refractivity contribution in [3.8, 4) is 0 Å². The van der Waals surface area contributed by atoms with E-state index in [4.69, 9.17) is 9.52 Å². The van der Waals surface area contributed by atoms with Gasteiger partial charge in [-0.15, -0.1) is 0 Å². The van der Waals surface area contributed by atoms with Gasteiger partial charge in [-0.1, -0.05) is 0 Å². The molecule has 0 aliphatic rings. The minimum absolute atomic E-state index is 0.184. The Bertz CT molecular complexity index is 686. The van der Waals surface area contributed by atoms with Crippen molar-refractivity contribution in [1.82, 2.24) is 0 Å². The van der Waals surface area contributed by atoms with E-state index in [0.717, 1.165) is 6.26 Å². The van der Waals surface area contributed by atoms with E-state index < -0.39 is 16.0 Å². The first-order valence-electron chi connectivity index (χ1n) is 4.60. The lowest BCUT2D eigenvalue weighted by Gasteiger charge is -2.02. The zero-order valence-corrected chi connectivity index (χ0v) is 9.61. The summed E-state index contributed by atoms with van der Waals surface area (Å²) in [7, 11) is -3.35. The fourth-order valence-corrected chi connectivity index (χ4v) is 1.98. The quantitative estimate of drug-likeness (QED) is 0.866. The van der Waals surface area contributed by atoms with Crippen molar-refractivity contribution in [3.63, 3.8) is 0 Å². The predicted molar refractivity (Wildman–Crippen MR) is 61.6 cm³/mol. The molecular weight excluding hydrogens is 246 g/mol. The van der Waals surface area contributed by atoms with Crippen LogP contribution in [0.4, 0.5) is 5.69 Å². The Morgan fingerprint density at radius 3 is 2.65 bits per heavy atom. The van der Waals surface area contributed by atoms with Gasteiger partial charge in [0.1, 0.15) is 5.58 Å². The molecule has 0 atom stereocenters. The first kappa shape index (κ1) is 11.5. The third kappa shape index (κ3) is 2.56. The van der Waals surface area contributed by atoms with E-state index in [0.29, 0.717) is 16.7 Å². The highest BCUT2D eigenvalue weighted by Gasteiger charge is 2.11. The molecule has 0 radical (unpaired) electrons. The SMILES string of the molecule is CS(=O)(=O)Nc1ccc2oc(C(=O)O)cc2c1. The predicted octanol–water partition coefficient (Wildman–Crippen LogP) is 1.50. The van der Waals surface area contributed by atoms with Crippen molar-refractivity contribution in [2.45, 2.75) is 0 Å². The number of carboxylic acid groups (broad SMARTS) is 1. The molecule has 0 saturated heterocycles. The van der Waals surface area contributed by atoms with Gasteiger partial charge in [0.15, 0.2) is 0 Å². The highest BCUT2D eigenvalue weighted by molar-refractivity contribution is 7.92. The summed E-state index contributed by atoms with van der Waals surface area (Å²) in [6.07, 6.45) is 1.04. The molecule has 6 nitrogen and oxygen atoms in total. The summed E-state index contributed by atoms with van der Waals surface area (Å²) >= 11 is 0. The van der Waals surface area contributed by atoms with E-state index in [1.807, 2.05) is 0 Å². The van der Waals surface area contributed by atoms with Crippen molar-refractivity contribution < 1.29 is 22.7 Å². The van der Waals surface area contributed by atoms with Crippen LogP contribution < -0.4 is 4.72 Å². The Hall–Kier alpha value is -2.02. The van der Waals surface area contributed by atoms with Crippen LogP contribution >= 0.6 is 0 Å². The van der Waals surface area contributed by atoms with Crippen LogP contribution in [-0.4, -0.2) is 25.7 Å². The van der Waals surface area contributed by atoms with E-state index in [2.05, 4.69) is 4.72 Å². The van der Waals surface area contributed by atoms with Gasteiger partial charge in [-0.05, 0) is 24.3 Å². The van der Waals surface area contributed by atoms with E-state index in [9.17, 15) is 13.2 Å². The van der Waals surface area contributed by atoms with Gasteiger partial charge in [0.2, 0.25) is 15.8 Å². The van der Waals surface area contributed by atoms with Gasteiger partial charge in [-0.3, -0.25) is 4.72 Å². The van der Waals surface area contributed by atoms with Crippen LogP contribution in [0.5, 0.6) is 0 Å². The molecule has 1 aromatic carbocycles. The monoisotopic (exact) mass is 255 g/mol. The normalized spacial score (nSPS) is 11.6. The van der Waals surface area contributed by atoms with Gasteiger partial charge in [0.25, 0.3) is 0 Å². The third-order valence-corrected chi connectivity index (χ3v) is 2.64. The highest BCUT2D eigenvalue weighted by Crippen LogP contribution is 2.23. The van der Waals surface area contributed by atoms with E-state index in [1.165, 1.54) is 24.3 Å². The fraction of sp³-hybridized carbons (Fsp3) is 0.100. The van der Waals surface area contributed by atoms with Crippen LogP contribution in [0, 0.1) is 0 Å². The fourth-order valence-electron chi connectivity index (χ4n) is 1.43. The summed E-state index contributed by atoms with van der Waals surface area (Å²) in [5.74, 6) is -1.35. The van der Waals surface area contributed by atoms with Crippen molar-refractivity contribution in [2.24, 2.45) is 0 Å². The number of hydrogen-bond acceptors (Lipinski definition) is 4. The zero-order chi connectivity index (χ0) is 12.6. The van der Waals surface area contributed by atoms with Crippen molar-refractivity contribution in [1.29, 1.82) is 0 Å².